The number of amides is 1. The van der Waals surface area contributed by atoms with Crippen LogP contribution in [0, 0.1) is 5.92 Å². The van der Waals surface area contributed by atoms with Crippen LogP contribution in [0.15, 0.2) is 30.3 Å². The summed E-state index contributed by atoms with van der Waals surface area (Å²) in [6.45, 7) is 3.57. The molecule has 5 heteroatoms. The van der Waals surface area contributed by atoms with Crippen LogP contribution in [-0.2, 0) is 9.59 Å². The van der Waals surface area contributed by atoms with Gasteiger partial charge in [0, 0.05) is 5.75 Å². The fourth-order valence-electron chi connectivity index (χ4n) is 1.51. The molecular weight excluding hydrogens is 262 g/mol. The van der Waals surface area contributed by atoms with E-state index in [1.165, 1.54) is 11.8 Å². The third kappa shape index (κ3) is 5.79. The van der Waals surface area contributed by atoms with Crippen LogP contribution in [0.25, 0.3) is 0 Å². The molecule has 1 rings (SSSR count). The summed E-state index contributed by atoms with van der Waals surface area (Å²) in [5, 5.41) is 11.6. The van der Waals surface area contributed by atoms with Gasteiger partial charge in [0.2, 0.25) is 5.91 Å². The Hall–Kier alpha value is -1.49. The second kappa shape index (κ2) is 7.84. The molecule has 104 valence electrons. The van der Waals surface area contributed by atoms with Crippen molar-refractivity contribution < 1.29 is 14.7 Å². The molecule has 1 amide bonds. The normalized spacial score (nSPS) is 13.6. The zero-order chi connectivity index (χ0) is 14.3. The smallest absolute Gasteiger partial charge is 0.307 e. The van der Waals surface area contributed by atoms with Gasteiger partial charge in [-0.3, -0.25) is 9.59 Å². The largest absolute Gasteiger partial charge is 0.481 e. The lowest BCUT2D eigenvalue weighted by molar-refractivity contribution is -0.140. The summed E-state index contributed by atoms with van der Waals surface area (Å²) in [5.74, 6) is -0.592. The highest BCUT2D eigenvalue weighted by molar-refractivity contribution is 7.99. The quantitative estimate of drug-likeness (QED) is 0.805. The van der Waals surface area contributed by atoms with Crippen molar-refractivity contribution in [3.8, 4) is 0 Å². The van der Waals surface area contributed by atoms with E-state index < -0.39 is 11.9 Å². The third-order valence-corrected chi connectivity index (χ3v) is 3.90. The first-order chi connectivity index (χ1) is 9.00. The molecule has 0 heterocycles. The highest BCUT2D eigenvalue weighted by Crippen LogP contribution is 2.12. The van der Waals surface area contributed by atoms with Gasteiger partial charge in [-0.15, -0.1) is 0 Å². The summed E-state index contributed by atoms with van der Waals surface area (Å²) >= 11 is 1.34. The summed E-state index contributed by atoms with van der Waals surface area (Å²) in [5.41, 5.74) is 1.06. The molecule has 1 aromatic rings. The minimum absolute atomic E-state index is 0.0359. The molecule has 0 bridgehead atoms. The number of carbonyl (C=O) groups is 2. The Kier molecular flexibility index (Phi) is 6.42. The predicted octanol–water partition coefficient (Wildman–Crippen LogP) is 2.32. The second-order valence-corrected chi connectivity index (χ2v) is 5.48. The molecule has 0 aromatic heterocycles. The van der Waals surface area contributed by atoms with Crippen LogP contribution in [0.2, 0.25) is 0 Å². The van der Waals surface area contributed by atoms with Gasteiger partial charge < -0.3 is 10.4 Å². The average molecular weight is 281 g/mol. The Morgan fingerprint density at radius 1 is 1.26 bits per heavy atom. The molecule has 0 aliphatic carbocycles. The first kappa shape index (κ1) is 15.6. The number of carbonyl (C=O) groups excluding carboxylic acids is 1. The van der Waals surface area contributed by atoms with Crippen LogP contribution in [-0.4, -0.2) is 28.5 Å². The van der Waals surface area contributed by atoms with E-state index in [0.717, 1.165) is 5.56 Å². The van der Waals surface area contributed by atoms with Crippen molar-refractivity contribution in [3.63, 3.8) is 0 Å². The van der Waals surface area contributed by atoms with Crippen molar-refractivity contribution in [1.29, 1.82) is 0 Å². The van der Waals surface area contributed by atoms with Gasteiger partial charge in [0.15, 0.2) is 0 Å². The van der Waals surface area contributed by atoms with E-state index in [1.54, 1.807) is 6.92 Å². The van der Waals surface area contributed by atoms with E-state index in [4.69, 9.17) is 5.11 Å². The number of nitrogens with one attached hydrogen (secondary N) is 1. The van der Waals surface area contributed by atoms with E-state index >= 15 is 0 Å². The maximum absolute atomic E-state index is 11.7. The van der Waals surface area contributed by atoms with Gasteiger partial charge in [0.05, 0.1) is 17.7 Å². The molecule has 2 atom stereocenters. The molecule has 1 aromatic carbocycles. The van der Waals surface area contributed by atoms with E-state index in [1.807, 2.05) is 37.3 Å². The Balaban J connectivity index is 2.30. The number of hydrogen-bond donors (Lipinski definition) is 2. The monoisotopic (exact) mass is 281 g/mol. The molecule has 0 aliphatic rings. The number of hydrogen-bond acceptors (Lipinski definition) is 3. The Labute approximate surface area is 117 Å². The second-order valence-electron chi connectivity index (χ2n) is 4.45. The third-order valence-electron chi connectivity index (χ3n) is 2.70. The molecule has 19 heavy (non-hydrogen) atoms. The van der Waals surface area contributed by atoms with Crippen molar-refractivity contribution in [1.82, 2.24) is 5.32 Å². The van der Waals surface area contributed by atoms with Crippen LogP contribution in [0.4, 0.5) is 0 Å². The number of aliphatic carboxylic acids is 1. The van der Waals surface area contributed by atoms with Gasteiger partial charge in [-0.2, -0.15) is 11.8 Å². The number of carboxylic acid groups (broad SMARTS) is 1. The summed E-state index contributed by atoms with van der Waals surface area (Å²) in [7, 11) is 0. The zero-order valence-electron chi connectivity index (χ0n) is 11.1. The lowest BCUT2D eigenvalue weighted by atomic mass is 10.1. The molecule has 0 saturated carbocycles. The van der Waals surface area contributed by atoms with Gasteiger partial charge in [-0.05, 0) is 12.5 Å². The van der Waals surface area contributed by atoms with E-state index in [9.17, 15) is 9.59 Å². The molecule has 0 fully saturated rings. The van der Waals surface area contributed by atoms with Crippen molar-refractivity contribution in [2.24, 2.45) is 5.92 Å². The van der Waals surface area contributed by atoms with Gasteiger partial charge in [0.25, 0.3) is 0 Å². The fourth-order valence-corrected chi connectivity index (χ4v) is 2.39. The predicted molar refractivity (Wildman–Crippen MR) is 77.1 cm³/mol. The molecule has 4 nitrogen and oxygen atoms in total. The average Bonchev–Trinajstić information content (AvgIpc) is 2.39. The molecule has 0 spiro atoms. The Bertz CT molecular complexity index is 422. The minimum Gasteiger partial charge on any atom is -0.481 e. The van der Waals surface area contributed by atoms with Crippen LogP contribution < -0.4 is 5.32 Å². The Morgan fingerprint density at radius 3 is 2.47 bits per heavy atom. The van der Waals surface area contributed by atoms with Crippen LogP contribution in [0.1, 0.15) is 25.5 Å². The lowest BCUT2D eigenvalue weighted by Gasteiger charge is -2.14. The van der Waals surface area contributed by atoms with E-state index in [-0.39, 0.29) is 17.7 Å². The van der Waals surface area contributed by atoms with Crippen LogP contribution in [0.3, 0.4) is 0 Å². The van der Waals surface area contributed by atoms with Gasteiger partial charge in [-0.1, -0.05) is 37.3 Å². The summed E-state index contributed by atoms with van der Waals surface area (Å²) < 4.78 is 0. The fraction of sp³-hybridized carbons (Fsp3) is 0.429. The summed E-state index contributed by atoms with van der Waals surface area (Å²) in [4.78, 5) is 22.3. The standard InChI is InChI=1S/C14H19NO3S/c1-10(14(17)18)8-19-9-13(16)15-11(2)12-6-4-3-5-7-12/h3-7,10-11H,8-9H2,1-2H3,(H,15,16)(H,17,18). The molecule has 2 N–H and O–H groups in total. The first-order valence-electron chi connectivity index (χ1n) is 6.15. The number of benzene rings is 1. The first-order valence-corrected chi connectivity index (χ1v) is 7.31. The lowest BCUT2D eigenvalue weighted by Crippen LogP contribution is -2.28. The SMILES string of the molecule is CC(CSCC(=O)NC(C)c1ccccc1)C(=O)O. The maximum Gasteiger partial charge on any atom is 0.307 e. The number of rotatable bonds is 7. The maximum atomic E-state index is 11.7. The number of carboxylic acids is 1. The summed E-state index contributed by atoms with van der Waals surface area (Å²) in [6, 6.07) is 9.69. The summed E-state index contributed by atoms with van der Waals surface area (Å²) in [6.07, 6.45) is 0. The molecular formula is C14H19NO3S. The van der Waals surface area contributed by atoms with Gasteiger partial charge >= 0.3 is 5.97 Å². The number of thioether (sulfide) groups is 1. The van der Waals surface area contributed by atoms with E-state index in [2.05, 4.69) is 5.32 Å². The van der Waals surface area contributed by atoms with E-state index in [0.29, 0.717) is 5.75 Å². The van der Waals surface area contributed by atoms with Crippen LogP contribution >= 0.6 is 11.8 Å². The zero-order valence-corrected chi connectivity index (χ0v) is 11.9. The Morgan fingerprint density at radius 2 is 1.89 bits per heavy atom. The van der Waals surface area contributed by atoms with Crippen molar-refractivity contribution in [2.75, 3.05) is 11.5 Å². The highest BCUT2D eigenvalue weighted by Gasteiger charge is 2.13. The highest BCUT2D eigenvalue weighted by atomic mass is 32.2. The molecule has 0 saturated heterocycles. The van der Waals surface area contributed by atoms with Crippen molar-refractivity contribution >= 4 is 23.6 Å². The molecule has 0 aliphatic heterocycles. The molecule has 0 radical (unpaired) electrons. The van der Waals surface area contributed by atoms with Gasteiger partial charge in [-0.25, -0.2) is 0 Å². The molecule has 2 unspecified atom stereocenters. The van der Waals surface area contributed by atoms with Crippen LogP contribution in [0.5, 0.6) is 0 Å². The minimum atomic E-state index is -0.828. The van der Waals surface area contributed by atoms with Crippen molar-refractivity contribution in [3.05, 3.63) is 35.9 Å². The van der Waals surface area contributed by atoms with Gasteiger partial charge in [0.1, 0.15) is 0 Å². The topological polar surface area (TPSA) is 66.4 Å². The van der Waals surface area contributed by atoms with Crippen molar-refractivity contribution in [2.45, 2.75) is 19.9 Å².